The van der Waals surface area contributed by atoms with Gasteiger partial charge in [0.05, 0.1) is 28.2 Å². The highest BCUT2D eigenvalue weighted by atomic mass is 35.5. The van der Waals surface area contributed by atoms with Crippen LogP contribution in [0.3, 0.4) is 0 Å². The van der Waals surface area contributed by atoms with Crippen molar-refractivity contribution in [2.24, 2.45) is 11.8 Å². The molecule has 0 spiro atoms. The molecule has 2 aromatic rings. The Morgan fingerprint density at radius 3 is 2.79 bits per heavy atom. The van der Waals surface area contributed by atoms with Gasteiger partial charge in [-0.1, -0.05) is 30.9 Å². The van der Waals surface area contributed by atoms with E-state index in [-0.39, 0.29) is 11.8 Å². The molecule has 1 atom stereocenters. The van der Waals surface area contributed by atoms with Crippen molar-refractivity contribution in [3.63, 3.8) is 0 Å². The lowest BCUT2D eigenvalue weighted by molar-refractivity contribution is -0.117. The number of hydrogen-bond donors (Lipinski definition) is 1. The lowest BCUT2D eigenvalue weighted by Gasteiger charge is -2.21. The van der Waals surface area contributed by atoms with Gasteiger partial charge in [0.1, 0.15) is 5.82 Å². The molecular formula is C22H25ClN4O. The first kappa shape index (κ1) is 19.0. The van der Waals surface area contributed by atoms with Crippen molar-refractivity contribution >= 4 is 39.9 Å². The molecular weight excluding hydrogens is 372 g/mol. The molecule has 1 aliphatic heterocycles. The number of nitriles is 1. The normalized spacial score (nSPS) is 20.3. The van der Waals surface area contributed by atoms with Crippen LogP contribution in [0.4, 0.5) is 11.5 Å². The Bertz CT molecular complexity index is 917. The van der Waals surface area contributed by atoms with Crippen molar-refractivity contribution in [3.8, 4) is 6.07 Å². The second-order valence-electron chi connectivity index (χ2n) is 7.98. The molecule has 1 aromatic heterocycles. The smallest absolute Gasteiger partial charge is 0.224 e. The van der Waals surface area contributed by atoms with Gasteiger partial charge in [-0.3, -0.25) is 4.79 Å². The molecule has 1 unspecified atom stereocenters. The van der Waals surface area contributed by atoms with Crippen LogP contribution < -0.4 is 10.2 Å². The van der Waals surface area contributed by atoms with Crippen LogP contribution in [-0.4, -0.2) is 24.0 Å². The molecule has 0 bridgehead atoms. The van der Waals surface area contributed by atoms with Crippen LogP contribution in [0.15, 0.2) is 24.3 Å². The van der Waals surface area contributed by atoms with Gasteiger partial charge in [0.15, 0.2) is 0 Å². The third-order valence-corrected chi connectivity index (χ3v) is 6.28. The van der Waals surface area contributed by atoms with Gasteiger partial charge in [-0.15, -0.1) is 0 Å². The maximum atomic E-state index is 12.6. The number of carbonyl (C=O) groups is 1. The SMILES string of the molecule is N#CC1CCN(c2ccc3c(NC(=O)CC4CCCCC4)c(Cl)ccc3n2)C1. The Morgan fingerprint density at radius 2 is 2.04 bits per heavy atom. The first-order chi connectivity index (χ1) is 13.6. The molecule has 1 saturated heterocycles. The molecule has 1 saturated carbocycles. The number of rotatable bonds is 4. The zero-order valence-corrected chi connectivity index (χ0v) is 16.7. The lowest BCUT2D eigenvalue weighted by Crippen LogP contribution is -2.20. The number of pyridine rings is 1. The molecule has 1 aromatic carbocycles. The zero-order chi connectivity index (χ0) is 19.5. The summed E-state index contributed by atoms with van der Waals surface area (Å²) in [6.07, 6.45) is 7.45. The van der Waals surface area contributed by atoms with Gasteiger partial charge >= 0.3 is 0 Å². The van der Waals surface area contributed by atoms with Crippen LogP contribution in [0, 0.1) is 23.2 Å². The van der Waals surface area contributed by atoms with Crippen LogP contribution in [0.25, 0.3) is 10.9 Å². The third-order valence-electron chi connectivity index (χ3n) is 5.96. The second kappa shape index (κ2) is 8.36. The number of carbonyl (C=O) groups excluding carboxylic acids is 1. The summed E-state index contributed by atoms with van der Waals surface area (Å²) in [5.74, 6) is 1.45. The fourth-order valence-electron chi connectivity index (χ4n) is 4.39. The monoisotopic (exact) mass is 396 g/mol. The molecule has 0 radical (unpaired) electrons. The summed E-state index contributed by atoms with van der Waals surface area (Å²) < 4.78 is 0. The maximum Gasteiger partial charge on any atom is 0.224 e. The van der Waals surface area contributed by atoms with E-state index >= 15 is 0 Å². The van der Waals surface area contributed by atoms with Gasteiger partial charge in [0, 0.05) is 24.9 Å². The molecule has 1 N–H and O–H groups in total. The van der Waals surface area contributed by atoms with Crippen molar-refractivity contribution in [1.82, 2.24) is 4.98 Å². The molecule has 6 heteroatoms. The van der Waals surface area contributed by atoms with Crippen LogP contribution in [0.5, 0.6) is 0 Å². The molecule has 4 rings (SSSR count). The topological polar surface area (TPSA) is 69.0 Å². The Kier molecular flexibility index (Phi) is 5.68. The molecule has 1 aliphatic carbocycles. The Morgan fingerprint density at radius 1 is 1.21 bits per heavy atom. The summed E-state index contributed by atoms with van der Waals surface area (Å²) in [7, 11) is 0. The quantitative estimate of drug-likeness (QED) is 0.776. The number of anilines is 2. The van der Waals surface area contributed by atoms with E-state index in [1.54, 1.807) is 6.07 Å². The van der Waals surface area contributed by atoms with E-state index < -0.39 is 0 Å². The van der Waals surface area contributed by atoms with Crippen LogP contribution in [0.1, 0.15) is 44.9 Å². The fraction of sp³-hybridized carbons (Fsp3) is 0.500. The Labute approximate surface area is 170 Å². The number of amides is 1. The first-order valence-corrected chi connectivity index (χ1v) is 10.6. The average molecular weight is 397 g/mol. The van der Waals surface area contributed by atoms with Gasteiger partial charge in [0.2, 0.25) is 5.91 Å². The summed E-state index contributed by atoms with van der Waals surface area (Å²) in [6, 6.07) is 9.94. The van der Waals surface area contributed by atoms with Crippen molar-refractivity contribution in [2.75, 3.05) is 23.3 Å². The average Bonchev–Trinajstić information content (AvgIpc) is 3.20. The third kappa shape index (κ3) is 4.07. The van der Waals surface area contributed by atoms with Crippen LogP contribution in [0.2, 0.25) is 5.02 Å². The molecule has 2 aliphatic rings. The predicted molar refractivity (Wildman–Crippen MR) is 113 cm³/mol. The summed E-state index contributed by atoms with van der Waals surface area (Å²) >= 11 is 6.41. The standard InChI is InChI=1S/C22H25ClN4O/c23-18-7-8-19-17(6-9-20(25-19)27-11-10-16(13-24)14-27)22(18)26-21(28)12-15-4-2-1-3-5-15/h6-9,15-16H,1-5,10-12,14H2,(H,26,28). The van der Waals surface area contributed by atoms with Crippen molar-refractivity contribution in [2.45, 2.75) is 44.9 Å². The fourth-order valence-corrected chi connectivity index (χ4v) is 4.60. The molecule has 28 heavy (non-hydrogen) atoms. The van der Waals surface area contributed by atoms with Crippen LogP contribution in [-0.2, 0) is 4.79 Å². The summed E-state index contributed by atoms with van der Waals surface area (Å²) in [5.41, 5.74) is 1.45. The minimum atomic E-state index is 0.0294. The van der Waals surface area contributed by atoms with Crippen molar-refractivity contribution < 1.29 is 4.79 Å². The van der Waals surface area contributed by atoms with Gasteiger partial charge in [-0.2, -0.15) is 5.26 Å². The number of aromatic nitrogens is 1. The molecule has 2 heterocycles. The van der Waals surface area contributed by atoms with E-state index in [0.717, 1.165) is 42.5 Å². The number of halogens is 1. The highest BCUT2D eigenvalue weighted by Gasteiger charge is 2.24. The van der Waals surface area contributed by atoms with Crippen molar-refractivity contribution in [3.05, 3.63) is 29.3 Å². The zero-order valence-electron chi connectivity index (χ0n) is 16.0. The Balaban J connectivity index is 1.54. The van der Waals surface area contributed by atoms with Gasteiger partial charge < -0.3 is 10.2 Å². The summed E-state index contributed by atoms with van der Waals surface area (Å²) in [4.78, 5) is 19.5. The van der Waals surface area contributed by atoms with Crippen LogP contribution >= 0.6 is 11.6 Å². The molecule has 1 amide bonds. The van der Waals surface area contributed by atoms with Gasteiger partial charge in [-0.25, -0.2) is 4.98 Å². The minimum absolute atomic E-state index is 0.0294. The second-order valence-corrected chi connectivity index (χ2v) is 8.38. The Hall–Kier alpha value is -2.32. The van der Waals surface area contributed by atoms with E-state index in [1.807, 2.05) is 18.2 Å². The van der Waals surface area contributed by atoms with E-state index in [0.29, 0.717) is 29.6 Å². The highest BCUT2D eigenvalue weighted by Crippen LogP contribution is 2.33. The largest absolute Gasteiger partial charge is 0.355 e. The van der Waals surface area contributed by atoms with Crippen molar-refractivity contribution in [1.29, 1.82) is 5.26 Å². The number of nitrogens with zero attached hydrogens (tertiary/aromatic N) is 3. The first-order valence-electron chi connectivity index (χ1n) is 10.2. The highest BCUT2D eigenvalue weighted by molar-refractivity contribution is 6.35. The van der Waals surface area contributed by atoms with E-state index in [4.69, 9.17) is 21.8 Å². The van der Waals surface area contributed by atoms with E-state index in [2.05, 4.69) is 16.3 Å². The van der Waals surface area contributed by atoms with Gasteiger partial charge in [-0.05, 0) is 49.4 Å². The number of benzene rings is 1. The van der Waals surface area contributed by atoms with Gasteiger partial charge in [0.25, 0.3) is 0 Å². The molecule has 5 nitrogen and oxygen atoms in total. The molecule has 146 valence electrons. The number of fused-ring (bicyclic) bond motifs is 1. The summed E-state index contributed by atoms with van der Waals surface area (Å²) in [5, 5.41) is 13.5. The summed E-state index contributed by atoms with van der Waals surface area (Å²) in [6.45, 7) is 1.56. The number of hydrogen-bond acceptors (Lipinski definition) is 4. The lowest BCUT2D eigenvalue weighted by atomic mass is 9.87. The van der Waals surface area contributed by atoms with E-state index in [1.165, 1.54) is 19.3 Å². The minimum Gasteiger partial charge on any atom is -0.355 e. The number of nitrogens with one attached hydrogen (secondary N) is 1. The maximum absolute atomic E-state index is 12.6. The van der Waals surface area contributed by atoms with E-state index in [9.17, 15) is 4.79 Å². The predicted octanol–water partition coefficient (Wildman–Crippen LogP) is 5.15. The molecule has 2 fully saturated rings.